The van der Waals surface area contributed by atoms with E-state index in [2.05, 4.69) is 10.6 Å². The van der Waals surface area contributed by atoms with Crippen LogP contribution < -0.4 is 10.6 Å². The molecule has 0 atom stereocenters. The van der Waals surface area contributed by atoms with E-state index < -0.39 is 35.4 Å². The second-order valence-corrected chi connectivity index (χ2v) is 6.21. The molecule has 1 heterocycles. The number of urea groups is 1. The highest BCUT2D eigenvalue weighted by atomic mass is 19.4. The number of amides is 3. The molecule has 2 aromatic rings. The van der Waals surface area contributed by atoms with Crippen molar-refractivity contribution in [2.75, 3.05) is 17.2 Å². The van der Waals surface area contributed by atoms with Crippen molar-refractivity contribution in [2.45, 2.75) is 19.1 Å². The Morgan fingerprint density at radius 3 is 2.46 bits per heavy atom. The van der Waals surface area contributed by atoms with E-state index in [0.717, 1.165) is 11.1 Å². The van der Waals surface area contributed by atoms with E-state index in [1.54, 1.807) is 12.1 Å². The first-order chi connectivity index (χ1) is 13.1. The SMILES string of the molecule is O=C(Nc1ccc2c(c1)CCN(C(=O)O)C2)Nc1cc(C(F)(F)F)ccc1F. The number of carbonyl (C=O) groups excluding carboxylic acids is 1. The molecule has 0 bridgehead atoms. The van der Waals surface area contributed by atoms with Crippen LogP contribution in [0.3, 0.4) is 0 Å². The Balaban J connectivity index is 1.70. The van der Waals surface area contributed by atoms with E-state index in [-0.39, 0.29) is 6.54 Å². The van der Waals surface area contributed by atoms with Crippen LogP contribution in [-0.4, -0.2) is 28.7 Å². The van der Waals surface area contributed by atoms with Gasteiger partial charge in [-0.3, -0.25) is 0 Å². The van der Waals surface area contributed by atoms with E-state index >= 15 is 0 Å². The molecule has 0 unspecified atom stereocenters. The zero-order valence-corrected chi connectivity index (χ0v) is 14.3. The topological polar surface area (TPSA) is 81.7 Å². The molecule has 0 aliphatic carbocycles. The van der Waals surface area contributed by atoms with Gasteiger partial charge in [0, 0.05) is 18.8 Å². The molecule has 0 fully saturated rings. The summed E-state index contributed by atoms with van der Waals surface area (Å²) in [6.45, 7) is 0.542. The number of anilines is 2. The Hall–Kier alpha value is -3.30. The van der Waals surface area contributed by atoms with Crippen molar-refractivity contribution in [1.82, 2.24) is 4.90 Å². The average molecular weight is 397 g/mol. The highest BCUT2D eigenvalue weighted by Crippen LogP contribution is 2.32. The van der Waals surface area contributed by atoms with E-state index in [4.69, 9.17) is 5.11 Å². The van der Waals surface area contributed by atoms with E-state index in [1.165, 1.54) is 11.0 Å². The molecule has 0 saturated heterocycles. The summed E-state index contributed by atoms with van der Waals surface area (Å²) < 4.78 is 51.9. The lowest BCUT2D eigenvalue weighted by Crippen LogP contribution is -2.34. The molecule has 2 aromatic carbocycles. The lowest BCUT2D eigenvalue weighted by molar-refractivity contribution is -0.137. The summed E-state index contributed by atoms with van der Waals surface area (Å²) in [6.07, 6.45) is -5.22. The Morgan fingerprint density at radius 1 is 1.04 bits per heavy atom. The van der Waals surface area contributed by atoms with Gasteiger partial charge < -0.3 is 20.6 Å². The van der Waals surface area contributed by atoms with Gasteiger partial charge in [-0.15, -0.1) is 0 Å². The van der Waals surface area contributed by atoms with Crippen molar-refractivity contribution in [2.24, 2.45) is 0 Å². The number of nitrogens with zero attached hydrogens (tertiary/aromatic N) is 1. The maximum atomic E-state index is 13.7. The van der Waals surface area contributed by atoms with Gasteiger partial charge in [0.1, 0.15) is 5.82 Å². The number of carboxylic acid groups (broad SMARTS) is 1. The van der Waals surface area contributed by atoms with Crippen LogP contribution in [0.2, 0.25) is 0 Å². The molecule has 28 heavy (non-hydrogen) atoms. The molecule has 148 valence electrons. The van der Waals surface area contributed by atoms with Crippen molar-refractivity contribution in [1.29, 1.82) is 0 Å². The lowest BCUT2D eigenvalue weighted by atomic mass is 9.99. The summed E-state index contributed by atoms with van der Waals surface area (Å²) in [4.78, 5) is 24.3. The maximum Gasteiger partial charge on any atom is 0.416 e. The minimum atomic E-state index is -4.66. The summed E-state index contributed by atoms with van der Waals surface area (Å²) in [6, 6.07) is 5.67. The van der Waals surface area contributed by atoms with Crippen LogP contribution in [0.25, 0.3) is 0 Å². The fourth-order valence-corrected chi connectivity index (χ4v) is 2.88. The number of nitrogens with one attached hydrogen (secondary N) is 2. The van der Waals surface area contributed by atoms with Gasteiger partial charge in [0.2, 0.25) is 0 Å². The fourth-order valence-electron chi connectivity index (χ4n) is 2.88. The molecule has 10 heteroatoms. The summed E-state index contributed by atoms with van der Waals surface area (Å²) in [5, 5.41) is 13.5. The maximum absolute atomic E-state index is 13.7. The predicted molar refractivity (Wildman–Crippen MR) is 92.6 cm³/mol. The van der Waals surface area contributed by atoms with Crippen molar-refractivity contribution in [3.8, 4) is 0 Å². The molecule has 0 aromatic heterocycles. The zero-order valence-electron chi connectivity index (χ0n) is 14.3. The number of hydrogen-bond donors (Lipinski definition) is 3. The number of rotatable bonds is 2. The smallest absolute Gasteiger partial charge is 0.416 e. The molecule has 3 rings (SSSR count). The van der Waals surface area contributed by atoms with Crippen LogP contribution in [0.1, 0.15) is 16.7 Å². The summed E-state index contributed by atoms with van der Waals surface area (Å²) in [5.41, 5.74) is 0.319. The number of benzene rings is 2. The third-order valence-electron chi connectivity index (χ3n) is 4.29. The Labute approximate surface area is 156 Å². The van der Waals surface area contributed by atoms with Crippen molar-refractivity contribution in [3.63, 3.8) is 0 Å². The molecule has 3 N–H and O–H groups in total. The second-order valence-electron chi connectivity index (χ2n) is 6.21. The normalized spacial score (nSPS) is 13.6. The van der Waals surface area contributed by atoms with Gasteiger partial charge in [-0.25, -0.2) is 14.0 Å². The monoisotopic (exact) mass is 397 g/mol. The Morgan fingerprint density at radius 2 is 1.79 bits per heavy atom. The first kappa shape index (κ1) is 19.5. The van der Waals surface area contributed by atoms with Crippen molar-refractivity contribution >= 4 is 23.5 Å². The molecule has 0 saturated carbocycles. The standard InChI is InChI=1S/C18H15F4N3O3/c19-14-4-2-12(18(20,21)22)8-15(14)24-16(26)23-13-3-1-11-9-25(17(27)28)6-5-10(11)7-13/h1-4,7-8H,5-6,9H2,(H,27,28)(H2,23,24,26). The molecule has 0 spiro atoms. The van der Waals surface area contributed by atoms with Crippen LogP contribution in [0.4, 0.5) is 38.5 Å². The number of carbonyl (C=O) groups is 2. The average Bonchev–Trinajstić information content (AvgIpc) is 2.62. The quantitative estimate of drug-likeness (QED) is 0.652. The second kappa shape index (κ2) is 7.37. The van der Waals surface area contributed by atoms with Gasteiger partial charge in [0.05, 0.1) is 11.3 Å². The first-order valence-corrected chi connectivity index (χ1v) is 8.18. The van der Waals surface area contributed by atoms with Crippen LogP contribution >= 0.6 is 0 Å². The van der Waals surface area contributed by atoms with Crippen LogP contribution in [0, 0.1) is 5.82 Å². The highest BCUT2D eigenvalue weighted by molar-refractivity contribution is 6.00. The molecular weight excluding hydrogens is 382 g/mol. The number of halogens is 4. The van der Waals surface area contributed by atoms with Gasteiger partial charge in [-0.2, -0.15) is 13.2 Å². The predicted octanol–water partition coefficient (Wildman–Crippen LogP) is 4.52. The molecule has 1 aliphatic heterocycles. The van der Waals surface area contributed by atoms with Crippen LogP contribution in [-0.2, 0) is 19.1 Å². The summed E-state index contributed by atoms with van der Waals surface area (Å²) in [5.74, 6) is -0.998. The summed E-state index contributed by atoms with van der Waals surface area (Å²) in [7, 11) is 0. The number of alkyl halides is 3. The molecule has 6 nitrogen and oxygen atoms in total. The third kappa shape index (κ3) is 4.33. The van der Waals surface area contributed by atoms with E-state index in [1.807, 2.05) is 0 Å². The fraction of sp³-hybridized carbons (Fsp3) is 0.222. The van der Waals surface area contributed by atoms with E-state index in [9.17, 15) is 27.2 Å². The van der Waals surface area contributed by atoms with Crippen molar-refractivity contribution in [3.05, 3.63) is 58.9 Å². The minimum Gasteiger partial charge on any atom is -0.465 e. The summed E-state index contributed by atoms with van der Waals surface area (Å²) >= 11 is 0. The minimum absolute atomic E-state index is 0.229. The Kier molecular flexibility index (Phi) is 5.12. The molecule has 3 amide bonds. The van der Waals surface area contributed by atoms with Gasteiger partial charge in [-0.1, -0.05) is 6.07 Å². The van der Waals surface area contributed by atoms with E-state index in [0.29, 0.717) is 36.9 Å². The largest absolute Gasteiger partial charge is 0.465 e. The van der Waals surface area contributed by atoms with Crippen LogP contribution in [0.5, 0.6) is 0 Å². The molecule has 0 radical (unpaired) electrons. The third-order valence-corrected chi connectivity index (χ3v) is 4.29. The van der Waals surface area contributed by atoms with Gasteiger partial charge in [0.25, 0.3) is 0 Å². The Bertz CT molecular complexity index is 931. The first-order valence-electron chi connectivity index (χ1n) is 8.18. The van der Waals surface area contributed by atoms with Gasteiger partial charge in [-0.05, 0) is 47.9 Å². The lowest BCUT2D eigenvalue weighted by Gasteiger charge is -2.26. The van der Waals surface area contributed by atoms with Crippen molar-refractivity contribution < 1.29 is 32.3 Å². The molecule has 1 aliphatic rings. The number of fused-ring (bicyclic) bond motifs is 1. The highest BCUT2D eigenvalue weighted by Gasteiger charge is 2.31. The van der Waals surface area contributed by atoms with Crippen LogP contribution in [0.15, 0.2) is 36.4 Å². The zero-order chi connectivity index (χ0) is 20.5. The number of hydrogen-bond acceptors (Lipinski definition) is 2. The van der Waals surface area contributed by atoms with Gasteiger partial charge in [0.15, 0.2) is 0 Å². The molecular formula is C18H15F4N3O3. The van der Waals surface area contributed by atoms with Gasteiger partial charge >= 0.3 is 18.3 Å².